The number of nitriles is 1. The van der Waals surface area contributed by atoms with E-state index in [1.54, 1.807) is 12.1 Å². The Kier molecular flexibility index (Phi) is 6.95. The molecule has 3 atom stereocenters. The molecule has 9 heteroatoms. The van der Waals surface area contributed by atoms with Crippen molar-refractivity contribution >= 4 is 27.3 Å². The third kappa shape index (κ3) is 4.91. The van der Waals surface area contributed by atoms with Gasteiger partial charge >= 0.3 is 0 Å². The van der Waals surface area contributed by atoms with Crippen LogP contribution in [0.4, 0.5) is 4.39 Å². The molecule has 1 unspecified atom stereocenters. The van der Waals surface area contributed by atoms with Crippen molar-refractivity contribution in [2.45, 2.75) is 23.0 Å². The lowest BCUT2D eigenvalue weighted by Crippen LogP contribution is -2.34. The van der Waals surface area contributed by atoms with Gasteiger partial charge in [-0.25, -0.2) is 12.8 Å². The summed E-state index contributed by atoms with van der Waals surface area (Å²) >= 11 is 6.10. The van der Waals surface area contributed by atoms with Crippen LogP contribution < -0.4 is 10.1 Å². The van der Waals surface area contributed by atoms with Gasteiger partial charge in [-0.05, 0) is 49.2 Å². The largest absolute Gasteiger partial charge is 0.493 e. The number of halogens is 2. The second-order valence-electron chi connectivity index (χ2n) is 7.08. The number of nitrogens with zero attached hydrogens (tertiary/aromatic N) is 1. The lowest BCUT2D eigenvalue weighted by atomic mass is 9.96. The average Bonchev–Trinajstić information content (AvgIpc) is 3.17. The maximum Gasteiger partial charge on any atom is 0.224 e. The first kappa shape index (κ1) is 22.1. The number of hydrogen-bond donors (Lipinski definition) is 1. The fourth-order valence-corrected chi connectivity index (χ4v) is 6.07. The van der Waals surface area contributed by atoms with Crippen molar-refractivity contribution in [3.63, 3.8) is 0 Å². The highest BCUT2D eigenvalue weighted by atomic mass is 35.5. The number of nitrogens with one attached hydrogen (secondary N) is 1. The van der Waals surface area contributed by atoms with Gasteiger partial charge in [-0.1, -0.05) is 23.7 Å². The number of ether oxygens (including phenoxy) is 1. The Morgan fingerprint density at radius 1 is 1.20 bits per heavy atom. The quantitative estimate of drug-likeness (QED) is 0.652. The average molecular weight is 451 g/mol. The van der Waals surface area contributed by atoms with Crippen molar-refractivity contribution in [3.05, 3.63) is 59.4 Å². The molecule has 2 aromatic rings. The molecule has 1 aliphatic rings. The first-order valence-corrected chi connectivity index (χ1v) is 11.3. The SMILES string of the molecule is N#CCNC(=O)C1C[C@@H](S(=O)(=O)c2ccccc2Cl)C[C@H]1COc1ccc(F)cc1. The van der Waals surface area contributed by atoms with Crippen molar-refractivity contribution in [2.24, 2.45) is 11.8 Å². The highest BCUT2D eigenvalue weighted by Crippen LogP contribution is 2.40. The molecule has 1 fully saturated rings. The van der Waals surface area contributed by atoms with Gasteiger partial charge in [0, 0.05) is 11.8 Å². The van der Waals surface area contributed by atoms with Gasteiger partial charge in [-0.3, -0.25) is 4.79 Å². The fraction of sp³-hybridized carbons (Fsp3) is 0.333. The van der Waals surface area contributed by atoms with E-state index in [9.17, 15) is 17.6 Å². The summed E-state index contributed by atoms with van der Waals surface area (Å²) in [5.74, 6) is -1.40. The van der Waals surface area contributed by atoms with Crippen LogP contribution in [0.1, 0.15) is 12.8 Å². The van der Waals surface area contributed by atoms with Gasteiger partial charge in [0.2, 0.25) is 5.91 Å². The molecule has 1 amide bonds. The minimum atomic E-state index is -3.76. The molecule has 158 valence electrons. The number of carbonyl (C=O) groups excluding carboxylic acids is 1. The van der Waals surface area contributed by atoms with Crippen LogP contribution in [0.3, 0.4) is 0 Å². The zero-order valence-corrected chi connectivity index (χ0v) is 17.5. The van der Waals surface area contributed by atoms with Crippen LogP contribution in [0, 0.1) is 29.0 Å². The summed E-state index contributed by atoms with van der Waals surface area (Å²) in [7, 11) is -3.76. The lowest BCUT2D eigenvalue weighted by Gasteiger charge is -2.18. The van der Waals surface area contributed by atoms with E-state index in [-0.39, 0.29) is 41.8 Å². The molecule has 1 N–H and O–H groups in total. The second-order valence-corrected chi connectivity index (χ2v) is 9.68. The van der Waals surface area contributed by atoms with Gasteiger partial charge in [-0.15, -0.1) is 0 Å². The summed E-state index contributed by atoms with van der Waals surface area (Å²) < 4.78 is 45.1. The number of benzene rings is 2. The van der Waals surface area contributed by atoms with E-state index in [0.717, 1.165) is 0 Å². The summed E-state index contributed by atoms with van der Waals surface area (Å²) in [6.07, 6.45) is 0.307. The lowest BCUT2D eigenvalue weighted by molar-refractivity contribution is -0.126. The van der Waals surface area contributed by atoms with E-state index in [2.05, 4.69) is 5.32 Å². The zero-order chi connectivity index (χ0) is 21.7. The molecule has 0 saturated heterocycles. The van der Waals surface area contributed by atoms with Gasteiger partial charge in [0.15, 0.2) is 9.84 Å². The molecular formula is C21H20ClFN2O4S. The topological polar surface area (TPSA) is 96.3 Å². The molecule has 0 spiro atoms. The van der Waals surface area contributed by atoms with Crippen molar-refractivity contribution in [1.29, 1.82) is 5.26 Å². The van der Waals surface area contributed by atoms with Gasteiger partial charge in [0.05, 0.1) is 27.8 Å². The first-order valence-electron chi connectivity index (χ1n) is 9.34. The van der Waals surface area contributed by atoms with Crippen molar-refractivity contribution in [3.8, 4) is 11.8 Å². The van der Waals surface area contributed by atoms with Crippen LogP contribution in [-0.2, 0) is 14.6 Å². The Morgan fingerprint density at radius 3 is 2.57 bits per heavy atom. The number of carbonyl (C=O) groups is 1. The minimum Gasteiger partial charge on any atom is -0.493 e. The van der Waals surface area contributed by atoms with Crippen molar-refractivity contribution in [1.82, 2.24) is 5.32 Å². The maximum absolute atomic E-state index is 13.1. The van der Waals surface area contributed by atoms with Crippen LogP contribution in [0.2, 0.25) is 5.02 Å². The fourth-order valence-electron chi connectivity index (χ4n) is 3.68. The molecule has 0 heterocycles. The summed E-state index contributed by atoms with van der Waals surface area (Å²) in [5, 5.41) is 10.6. The predicted molar refractivity (Wildman–Crippen MR) is 109 cm³/mol. The van der Waals surface area contributed by atoms with E-state index in [1.807, 2.05) is 6.07 Å². The number of sulfone groups is 1. The summed E-state index contributed by atoms with van der Waals surface area (Å²) in [6.45, 7) is -0.0758. The molecule has 0 bridgehead atoms. The molecule has 0 radical (unpaired) electrons. The first-order chi connectivity index (χ1) is 14.3. The van der Waals surface area contributed by atoms with Crippen LogP contribution in [0.25, 0.3) is 0 Å². The molecular weight excluding hydrogens is 431 g/mol. The monoisotopic (exact) mass is 450 g/mol. The number of hydrogen-bond acceptors (Lipinski definition) is 5. The highest BCUT2D eigenvalue weighted by molar-refractivity contribution is 7.92. The summed E-state index contributed by atoms with van der Waals surface area (Å²) in [4.78, 5) is 12.6. The summed E-state index contributed by atoms with van der Waals surface area (Å²) in [6, 6.07) is 13.5. The van der Waals surface area contributed by atoms with Gasteiger partial charge in [-0.2, -0.15) is 5.26 Å². The van der Waals surface area contributed by atoms with Crippen LogP contribution in [0.15, 0.2) is 53.4 Å². The Labute approximate surface area is 179 Å². The van der Waals surface area contributed by atoms with E-state index in [0.29, 0.717) is 5.75 Å². The Balaban J connectivity index is 1.80. The molecule has 1 aliphatic carbocycles. The van der Waals surface area contributed by atoms with E-state index in [4.69, 9.17) is 21.6 Å². The van der Waals surface area contributed by atoms with Gasteiger partial charge in [0.25, 0.3) is 0 Å². The van der Waals surface area contributed by atoms with Crippen molar-refractivity contribution < 1.29 is 22.3 Å². The zero-order valence-electron chi connectivity index (χ0n) is 15.9. The second kappa shape index (κ2) is 9.45. The predicted octanol–water partition coefficient (Wildman–Crippen LogP) is 3.37. The Hall–Kier alpha value is -2.63. The molecule has 1 saturated carbocycles. The van der Waals surface area contributed by atoms with E-state index in [1.165, 1.54) is 36.4 Å². The third-order valence-electron chi connectivity index (χ3n) is 5.19. The Bertz CT molecular complexity index is 1050. The van der Waals surface area contributed by atoms with Gasteiger partial charge < -0.3 is 10.1 Å². The highest BCUT2D eigenvalue weighted by Gasteiger charge is 2.45. The normalized spacial score (nSPS) is 21.0. The van der Waals surface area contributed by atoms with Crippen LogP contribution >= 0.6 is 11.6 Å². The number of amides is 1. The molecule has 30 heavy (non-hydrogen) atoms. The van der Waals surface area contributed by atoms with Gasteiger partial charge in [0.1, 0.15) is 18.1 Å². The summed E-state index contributed by atoms with van der Waals surface area (Å²) in [5.41, 5.74) is 0. The molecule has 2 aromatic carbocycles. The van der Waals surface area contributed by atoms with Crippen molar-refractivity contribution in [2.75, 3.05) is 13.2 Å². The third-order valence-corrected chi connectivity index (χ3v) is 7.86. The molecule has 3 rings (SSSR count). The molecule has 0 aliphatic heterocycles. The maximum atomic E-state index is 13.1. The van der Waals surface area contributed by atoms with Crippen LogP contribution in [-0.4, -0.2) is 32.7 Å². The number of rotatable bonds is 7. The van der Waals surface area contributed by atoms with E-state index >= 15 is 0 Å². The molecule has 6 nitrogen and oxygen atoms in total. The minimum absolute atomic E-state index is 0.0351. The standard InChI is InChI=1S/C21H20ClFN2O4S/c22-19-3-1-2-4-20(19)30(27,28)17-11-14(18(12-17)21(26)25-10-9-24)13-29-16-7-5-15(23)6-8-16/h1-8,14,17-18H,10-13H2,(H,25,26)/t14-,17-,18?/m0/s1. The smallest absolute Gasteiger partial charge is 0.224 e. The Morgan fingerprint density at radius 2 is 1.90 bits per heavy atom. The van der Waals surface area contributed by atoms with E-state index < -0.39 is 32.7 Å². The van der Waals surface area contributed by atoms with Crippen LogP contribution in [0.5, 0.6) is 5.75 Å². The molecule has 0 aromatic heterocycles.